The zero-order valence-electron chi connectivity index (χ0n) is 10.8. The Morgan fingerprint density at radius 3 is 2.44 bits per heavy atom. The van der Waals surface area contributed by atoms with Crippen molar-refractivity contribution < 1.29 is 4.39 Å². The number of rotatable bonds is 5. The molecule has 1 atom stereocenters. The predicted octanol–water partition coefficient (Wildman–Crippen LogP) is 2.72. The Morgan fingerprint density at radius 1 is 1.28 bits per heavy atom. The van der Waals surface area contributed by atoms with Crippen LogP contribution in [0.5, 0.6) is 0 Å². The summed E-state index contributed by atoms with van der Waals surface area (Å²) in [6, 6.07) is -0.341. The first-order chi connectivity index (χ1) is 8.34. The summed E-state index contributed by atoms with van der Waals surface area (Å²) in [5, 5.41) is -0.532. The van der Waals surface area contributed by atoms with Crippen LogP contribution in [0.3, 0.4) is 0 Å². The first-order valence-electron chi connectivity index (χ1n) is 6.04. The highest BCUT2D eigenvalue weighted by Crippen LogP contribution is 2.14. The summed E-state index contributed by atoms with van der Waals surface area (Å²) in [6.07, 6.45) is 2.55. The summed E-state index contributed by atoms with van der Waals surface area (Å²) < 4.78 is 14.2. The Kier molecular flexibility index (Phi) is 5.14. The van der Waals surface area contributed by atoms with Crippen LogP contribution in [0.1, 0.15) is 46.1 Å². The second-order valence-corrected chi connectivity index (χ2v) is 5.29. The molecule has 0 spiro atoms. The molecule has 0 bridgehead atoms. The second-order valence-electron chi connectivity index (χ2n) is 4.91. The molecular formula is C12H18ClFN2O2. The van der Waals surface area contributed by atoms with Gasteiger partial charge in [0.1, 0.15) is 0 Å². The molecule has 0 aliphatic rings. The molecule has 102 valence electrons. The maximum Gasteiger partial charge on any atom is 0.329 e. The normalized spacial score (nSPS) is 13.0. The van der Waals surface area contributed by atoms with Crippen molar-refractivity contribution in [1.29, 1.82) is 0 Å². The number of hydrogen-bond acceptors (Lipinski definition) is 2. The predicted molar refractivity (Wildman–Crippen MR) is 69.7 cm³/mol. The smallest absolute Gasteiger partial charge is 0.295 e. The van der Waals surface area contributed by atoms with E-state index in [2.05, 4.69) is 18.8 Å². The molecule has 1 heterocycles. The SMILES string of the molecule is CC(C)CCCC(C)n1c(=O)[nH]c(Cl)c(F)c1=O. The Morgan fingerprint density at radius 2 is 1.89 bits per heavy atom. The molecule has 4 nitrogen and oxygen atoms in total. The largest absolute Gasteiger partial charge is 0.329 e. The first-order valence-corrected chi connectivity index (χ1v) is 6.42. The van der Waals surface area contributed by atoms with Gasteiger partial charge in [-0.1, -0.05) is 38.3 Å². The van der Waals surface area contributed by atoms with E-state index in [-0.39, 0.29) is 6.04 Å². The minimum atomic E-state index is -1.10. The number of hydrogen-bond donors (Lipinski definition) is 1. The molecule has 1 unspecified atom stereocenters. The van der Waals surface area contributed by atoms with Gasteiger partial charge in [0, 0.05) is 6.04 Å². The van der Waals surface area contributed by atoms with E-state index in [1.165, 1.54) is 0 Å². The monoisotopic (exact) mass is 276 g/mol. The summed E-state index contributed by atoms with van der Waals surface area (Å²) in [4.78, 5) is 25.4. The summed E-state index contributed by atoms with van der Waals surface area (Å²) in [5.74, 6) is -0.541. The van der Waals surface area contributed by atoms with Crippen molar-refractivity contribution in [3.63, 3.8) is 0 Å². The molecule has 0 radical (unpaired) electrons. The molecule has 1 aromatic heterocycles. The van der Waals surface area contributed by atoms with Crippen LogP contribution in [0.15, 0.2) is 9.59 Å². The van der Waals surface area contributed by atoms with Gasteiger partial charge in [-0.15, -0.1) is 0 Å². The van der Waals surface area contributed by atoms with Crippen molar-refractivity contribution in [3.8, 4) is 0 Å². The molecule has 18 heavy (non-hydrogen) atoms. The molecule has 6 heteroatoms. The molecule has 1 aromatic rings. The van der Waals surface area contributed by atoms with E-state index < -0.39 is 22.2 Å². The van der Waals surface area contributed by atoms with Gasteiger partial charge in [0.05, 0.1) is 0 Å². The highest BCUT2D eigenvalue weighted by atomic mass is 35.5. The highest BCUT2D eigenvalue weighted by Gasteiger charge is 2.16. The van der Waals surface area contributed by atoms with Gasteiger partial charge < -0.3 is 0 Å². The van der Waals surface area contributed by atoms with Crippen LogP contribution < -0.4 is 11.2 Å². The van der Waals surface area contributed by atoms with Crippen LogP contribution in [0.25, 0.3) is 0 Å². The number of aromatic amines is 1. The Bertz CT molecular complexity index is 522. The van der Waals surface area contributed by atoms with Gasteiger partial charge in [-0.05, 0) is 19.3 Å². The van der Waals surface area contributed by atoms with Crippen molar-refractivity contribution in [1.82, 2.24) is 9.55 Å². The van der Waals surface area contributed by atoms with Gasteiger partial charge in [-0.25, -0.2) is 4.79 Å². The summed E-state index contributed by atoms with van der Waals surface area (Å²) in [7, 11) is 0. The lowest BCUT2D eigenvalue weighted by molar-refractivity contribution is 0.413. The third-order valence-corrected chi connectivity index (χ3v) is 3.14. The van der Waals surface area contributed by atoms with E-state index in [1.54, 1.807) is 6.92 Å². The van der Waals surface area contributed by atoms with Crippen molar-refractivity contribution in [2.24, 2.45) is 5.92 Å². The molecule has 1 rings (SSSR count). The molecule has 0 saturated carbocycles. The lowest BCUT2D eigenvalue weighted by Gasteiger charge is -2.14. The van der Waals surface area contributed by atoms with Gasteiger partial charge in [-0.2, -0.15) is 4.39 Å². The van der Waals surface area contributed by atoms with Gasteiger partial charge in [0.15, 0.2) is 5.15 Å². The van der Waals surface area contributed by atoms with Crippen LogP contribution in [-0.4, -0.2) is 9.55 Å². The molecule has 0 fully saturated rings. The fourth-order valence-corrected chi connectivity index (χ4v) is 2.01. The lowest BCUT2D eigenvalue weighted by Crippen LogP contribution is -2.39. The average molecular weight is 277 g/mol. The number of nitrogens with zero attached hydrogens (tertiary/aromatic N) is 1. The number of nitrogens with one attached hydrogen (secondary N) is 1. The van der Waals surface area contributed by atoms with Crippen LogP contribution >= 0.6 is 11.6 Å². The number of aromatic nitrogens is 2. The van der Waals surface area contributed by atoms with E-state index in [0.29, 0.717) is 12.3 Å². The number of halogens is 2. The standard InChI is InChI=1S/C12H18ClFN2O2/c1-7(2)5-4-6-8(3)16-11(17)9(14)10(13)15-12(16)18/h7-8H,4-6H2,1-3H3,(H,15,18). The quantitative estimate of drug-likeness (QED) is 0.841. The molecule has 1 N–H and O–H groups in total. The van der Waals surface area contributed by atoms with E-state index in [1.807, 2.05) is 0 Å². The molecule has 0 saturated heterocycles. The fraction of sp³-hybridized carbons (Fsp3) is 0.667. The van der Waals surface area contributed by atoms with Crippen molar-refractivity contribution >= 4 is 11.6 Å². The summed E-state index contributed by atoms with van der Waals surface area (Å²) in [6.45, 7) is 5.93. The van der Waals surface area contributed by atoms with Gasteiger partial charge >= 0.3 is 5.69 Å². The van der Waals surface area contributed by atoms with Gasteiger partial charge in [0.2, 0.25) is 5.82 Å². The zero-order valence-corrected chi connectivity index (χ0v) is 11.6. The molecule has 0 aliphatic carbocycles. The van der Waals surface area contributed by atoms with Crippen molar-refractivity contribution in [3.05, 3.63) is 31.8 Å². The molecular weight excluding hydrogens is 259 g/mol. The number of H-pyrrole nitrogens is 1. The van der Waals surface area contributed by atoms with E-state index in [9.17, 15) is 14.0 Å². The third kappa shape index (κ3) is 3.45. The average Bonchev–Trinajstić information content (AvgIpc) is 2.25. The highest BCUT2D eigenvalue weighted by molar-refractivity contribution is 6.29. The van der Waals surface area contributed by atoms with Crippen LogP contribution in [0.2, 0.25) is 5.15 Å². The van der Waals surface area contributed by atoms with Gasteiger partial charge in [0.25, 0.3) is 5.56 Å². The fourth-order valence-electron chi connectivity index (χ4n) is 1.85. The lowest BCUT2D eigenvalue weighted by atomic mass is 10.0. The molecule has 0 aromatic carbocycles. The Labute approximate surface area is 110 Å². The molecule has 0 amide bonds. The van der Waals surface area contributed by atoms with Crippen molar-refractivity contribution in [2.45, 2.75) is 46.1 Å². The maximum atomic E-state index is 13.3. The van der Waals surface area contributed by atoms with Gasteiger partial charge in [-0.3, -0.25) is 14.3 Å². The Balaban J connectivity index is 2.93. The maximum absolute atomic E-state index is 13.3. The minimum Gasteiger partial charge on any atom is -0.295 e. The first kappa shape index (κ1) is 15.0. The van der Waals surface area contributed by atoms with E-state index in [0.717, 1.165) is 17.4 Å². The summed E-state index contributed by atoms with van der Waals surface area (Å²) in [5.41, 5.74) is -1.62. The zero-order chi connectivity index (χ0) is 13.9. The van der Waals surface area contributed by atoms with Crippen LogP contribution in [-0.2, 0) is 0 Å². The molecule has 0 aliphatic heterocycles. The minimum absolute atomic E-state index is 0.341. The van der Waals surface area contributed by atoms with E-state index in [4.69, 9.17) is 11.6 Å². The second kappa shape index (κ2) is 6.18. The summed E-state index contributed by atoms with van der Waals surface area (Å²) >= 11 is 5.40. The third-order valence-electron chi connectivity index (χ3n) is 2.88. The Hall–Kier alpha value is -1.10. The topological polar surface area (TPSA) is 54.9 Å². The van der Waals surface area contributed by atoms with Crippen molar-refractivity contribution in [2.75, 3.05) is 0 Å². The van der Waals surface area contributed by atoms with Crippen LogP contribution in [0, 0.1) is 11.7 Å². The van der Waals surface area contributed by atoms with Crippen LogP contribution in [0.4, 0.5) is 4.39 Å². The van der Waals surface area contributed by atoms with E-state index >= 15 is 0 Å².